The predicted molar refractivity (Wildman–Crippen MR) is 140 cm³/mol. The van der Waals surface area contributed by atoms with Crippen LogP contribution in [0, 0.1) is 5.41 Å². The summed E-state index contributed by atoms with van der Waals surface area (Å²) in [7, 11) is 0. The van der Waals surface area contributed by atoms with Gasteiger partial charge in [0.15, 0.2) is 0 Å². The van der Waals surface area contributed by atoms with Gasteiger partial charge in [0.05, 0.1) is 0 Å². The van der Waals surface area contributed by atoms with Crippen molar-refractivity contribution in [2.24, 2.45) is 5.41 Å². The molecule has 0 spiro atoms. The zero-order valence-electron chi connectivity index (χ0n) is 21.0. The lowest BCUT2D eigenvalue weighted by Crippen LogP contribution is -2.51. The van der Waals surface area contributed by atoms with Gasteiger partial charge in [-0.05, 0) is 41.5 Å². The van der Waals surface area contributed by atoms with Crippen molar-refractivity contribution in [3.05, 3.63) is 71.9 Å². The van der Waals surface area contributed by atoms with E-state index in [1.54, 1.807) is 31.9 Å². The molecule has 8 heteroatoms. The summed E-state index contributed by atoms with van der Waals surface area (Å²) in [6, 6.07) is 15.4. The zero-order valence-corrected chi connectivity index (χ0v) is 21.0. The number of nitrogens with one attached hydrogen (secondary N) is 2. The van der Waals surface area contributed by atoms with Gasteiger partial charge in [-0.3, -0.25) is 14.4 Å². The fourth-order valence-electron chi connectivity index (χ4n) is 4.42. The van der Waals surface area contributed by atoms with Gasteiger partial charge in [-0.2, -0.15) is 0 Å². The summed E-state index contributed by atoms with van der Waals surface area (Å²) < 4.78 is 0. The van der Waals surface area contributed by atoms with Gasteiger partial charge >= 0.3 is 0 Å². The Hall–Kier alpha value is -3.94. The number of carbonyl (C=O) groups excluding carboxylic acids is 3. The quantitative estimate of drug-likeness (QED) is 0.493. The van der Waals surface area contributed by atoms with E-state index >= 15 is 0 Å². The van der Waals surface area contributed by atoms with E-state index in [2.05, 4.69) is 15.6 Å². The van der Waals surface area contributed by atoms with E-state index in [-0.39, 0.29) is 17.7 Å². The second-order valence-electron chi connectivity index (χ2n) is 10.2. The molecule has 3 amide bonds. The van der Waals surface area contributed by atoms with Crippen LogP contribution in [0.4, 0.5) is 5.82 Å². The average Bonchev–Trinajstić information content (AvgIpc) is 3.35. The first kappa shape index (κ1) is 25.2. The number of hydrogen-bond acceptors (Lipinski definition) is 5. The van der Waals surface area contributed by atoms with E-state index in [9.17, 15) is 14.4 Å². The van der Waals surface area contributed by atoms with Crippen molar-refractivity contribution in [3.63, 3.8) is 0 Å². The number of pyridine rings is 1. The Morgan fingerprint density at radius 2 is 1.86 bits per heavy atom. The standard InChI is InChI=1S/C28H33N5O3/c1-28(2,3)27(36)32-23(19-8-5-4-6-9-19)26(35)33-15-7-10-22(33)25(34)31-17-18-11-12-21-20(16-18)13-14-30-24(21)29/h4-6,8-9,11-14,16,22-23H,7,10,15,17H2,1-3H3,(H2,29,30)(H,31,34)(H,32,36)/t22-,23+/m0/s1. The van der Waals surface area contributed by atoms with Crippen molar-refractivity contribution in [2.45, 2.75) is 52.2 Å². The first-order valence-corrected chi connectivity index (χ1v) is 12.2. The lowest BCUT2D eigenvalue weighted by Gasteiger charge is -2.30. The van der Waals surface area contributed by atoms with Crippen molar-refractivity contribution >= 4 is 34.3 Å². The topological polar surface area (TPSA) is 117 Å². The van der Waals surface area contributed by atoms with Crippen molar-refractivity contribution < 1.29 is 14.4 Å². The first-order valence-electron chi connectivity index (χ1n) is 12.2. The van der Waals surface area contributed by atoms with Crippen LogP contribution < -0.4 is 16.4 Å². The Balaban J connectivity index is 1.48. The summed E-state index contributed by atoms with van der Waals surface area (Å²) in [5, 5.41) is 7.71. The number of carbonyl (C=O) groups is 3. The number of anilines is 1. The minimum atomic E-state index is -0.856. The first-order chi connectivity index (χ1) is 17.1. The van der Waals surface area contributed by atoms with E-state index < -0.39 is 17.5 Å². The largest absolute Gasteiger partial charge is 0.383 e. The highest BCUT2D eigenvalue weighted by atomic mass is 16.2. The van der Waals surface area contributed by atoms with Gasteiger partial charge in [0.2, 0.25) is 17.7 Å². The number of nitrogen functional groups attached to an aromatic ring is 1. The number of likely N-dealkylation sites (tertiary alicyclic amines) is 1. The Labute approximate surface area is 211 Å². The van der Waals surface area contributed by atoms with Gasteiger partial charge in [-0.1, -0.05) is 63.2 Å². The molecule has 1 aliphatic heterocycles. The molecule has 0 aliphatic carbocycles. The molecule has 0 radical (unpaired) electrons. The predicted octanol–water partition coefficient (Wildman–Crippen LogP) is 3.33. The van der Waals surface area contributed by atoms with Gasteiger partial charge in [-0.25, -0.2) is 4.98 Å². The Bertz CT molecular complexity index is 1270. The van der Waals surface area contributed by atoms with Gasteiger partial charge in [-0.15, -0.1) is 0 Å². The number of hydrogen-bond donors (Lipinski definition) is 3. The van der Waals surface area contributed by atoms with E-state index in [1.807, 2.05) is 54.6 Å². The molecule has 3 aromatic rings. The summed E-state index contributed by atoms with van der Waals surface area (Å²) in [6.45, 7) is 6.21. The highest BCUT2D eigenvalue weighted by molar-refractivity contribution is 5.94. The second-order valence-corrected chi connectivity index (χ2v) is 10.2. The van der Waals surface area contributed by atoms with Crippen LogP contribution in [0.25, 0.3) is 10.8 Å². The Morgan fingerprint density at radius 3 is 2.58 bits per heavy atom. The van der Waals surface area contributed by atoms with Crippen molar-refractivity contribution in [1.82, 2.24) is 20.5 Å². The van der Waals surface area contributed by atoms with Crippen molar-refractivity contribution in [3.8, 4) is 0 Å². The van der Waals surface area contributed by atoms with E-state index in [1.165, 1.54) is 0 Å². The van der Waals surface area contributed by atoms with E-state index in [0.29, 0.717) is 30.9 Å². The summed E-state index contributed by atoms with van der Waals surface area (Å²) in [4.78, 5) is 45.3. The minimum Gasteiger partial charge on any atom is -0.383 e. The molecule has 2 atom stereocenters. The molecule has 8 nitrogen and oxygen atoms in total. The van der Waals surface area contributed by atoms with Crippen molar-refractivity contribution in [1.29, 1.82) is 0 Å². The van der Waals surface area contributed by atoms with Crippen LogP contribution in [0.5, 0.6) is 0 Å². The monoisotopic (exact) mass is 487 g/mol. The highest BCUT2D eigenvalue weighted by Crippen LogP contribution is 2.26. The SMILES string of the molecule is CC(C)(C)C(=O)N[C@@H](C(=O)N1CCC[C@H]1C(=O)NCc1ccc2c(N)nccc2c1)c1ccccc1. The third kappa shape index (κ3) is 5.48. The normalized spacial score (nSPS) is 16.5. The molecule has 2 aromatic carbocycles. The van der Waals surface area contributed by atoms with Crippen LogP contribution in [0.3, 0.4) is 0 Å². The number of aromatic nitrogens is 1. The molecule has 4 N–H and O–H groups in total. The highest BCUT2D eigenvalue weighted by Gasteiger charge is 2.39. The van der Waals surface area contributed by atoms with E-state index in [0.717, 1.165) is 22.8 Å². The fourth-order valence-corrected chi connectivity index (χ4v) is 4.42. The molecule has 0 unspecified atom stereocenters. The van der Waals surface area contributed by atoms with Crippen LogP contribution in [-0.2, 0) is 20.9 Å². The lowest BCUT2D eigenvalue weighted by molar-refractivity contribution is -0.142. The van der Waals surface area contributed by atoms with Crippen LogP contribution >= 0.6 is 0 Å². The third-order valence-corrected chi connectivity index (χ3v) is 6.50. The maximum absolute atomic E-state index is 13.7. The number of nitrogens with two attached hydrogens (primary N) is 1. The minimum absolute atomic E-state index is 0.204. The molecule has 2 heterocycles. The molecular formula is C28H33N5O3. The maximum atomic E-state index is 13.7. The maximum Gasteiger partial charge on any atom is 0.250 e. The number of amides is 3. The van der Waals surface area contributed by atoms with Crippen LogP contribution in [0.2, 0.25) is 0 Å². The number of rotatable bonds is 6. The summed E-state index contributed by atoms with van der Waals surface area (Å²) in [5.74, 6) is -0.235. The lowest BCUT2D eigenvalue weighted by atomic mass is 9.94. The molecular weight excluding hydrogens is 454 g/mol. The molecule has 0 bridgehead atoms. The van der Waals surface area contributed by atoms with Crippen LogP contribution in [0.15, 0.2) is 60.8 Å². The summed E-state index contributed by atoms with van der Waals surface area (Å²) >= 11 is 0. The number of benzene rings is 2. The third-order valence-electron chi connectivity index (χ3n) is 6.50. The molecule has 1 fully saturated rings. The smallest absolute Gasteiger partial charge is 0.250 e. The summed E-state index contributed by atoms with van der Waals surface area (Å²) in [5.41, 5.74) is 6.89. The number of nitrogens with zero attached hydrogens (tertiary/aromatic N) is 2. The molecule has 188 valence electrons. The molecule has 1 aliphatic rings. The summed E-state index contributed by atoms with van der Waals surface area (Å²) in [6.07, 6.45) is 2.96. The molecule has 36 heavy (non-hydrogen) atoms. The fraction of sp³-hybridized carbons (Fsp3) is 0.357. The van der Waals surface area contributed by atoms with Crippen LogP contribution in [0.1, 0.15) is 50.8 Å². The molecule has 1 aromatic heterocycles. The second kappa shape index (κ2) is 10.4. The van der Waals surface area contributed by atoms with Crippen LogP contribution in [-0.4, -0.2) is 40.2 Å². The van der Waals surface area contributed by atoms with Gasteiger partial charge in [0.1, 0.15) is 17.9 Å². The average molecular weight is 488 g/mol. The Morgan fingerprint density at radius 1 is 1.11 bits per heavy atom. The molecule has 0 saturated carbocycles. The zero-order chi connectivity index (χ0) is 25.9. The van der Waals surface area contributed by atoms with Gasteiger partial charge in [0.25, 0.3) is 0 Å². The van der Waals surface area contributed by atoms with E-state index in [4.69, 9.17) is 5.73 Å². The molecule has 1 saturated heterocycles. The van der Waals surface area contributed by atoms with Crippen molar-refractivity contribution in [2.75, 3.05) is 12.3 Å². The number of fused-ring (bicyclic) bond motifs is 1. The Kier molecular flexibility index (Phi) is 7.24. The molecule has 4 rings (SSSR count). The van der Waals surface area contributed by atoms with Gasteiger partial charge in [0, 0.05) is 30.1 Å². The van der Waals surface area contributed by atoms with Gasteiger partial charge < -0.3 is 21.3 Å².